The molecule has 1 aromatic rings. The first-order valence-corrected chi connectivity index (χ1v) is 9.07. The van der Waals surface area contributed by atoms with Crippen LogP contribution >= 0.6 is 0 Å². The van der Waals surface area contributed by atoms with Crippen LogP contribution < -0.4 is 15.4 Å². The fourth-order valence-electron chi connectivity index (χ4n) is 2.31. The van der Waals surface area contributed by atoms with Crippen LogP contribution in [-0.2, 0) is 19.6 Å². The van der Waals surface area contributed by atoms with Gasteiger partial charge in [0.05, 0.1) is 17.6 Å². The second-order valence-corrected chi connectivity index (χ2v) is 7.28. The van der Waals surface area contributed by atoms with Gasteiger partial charge in [-0.1, -0.05) is 17.7 Å². The Balaban J connectivity index is 1.78. The van der Waals surface area contributed by atoms with Gasteiger partial charge >= 0.3 is 0 Å². The normalized spacial score (nSPS) is 21.8. The number of carbonyl (C=O) groups is 1. The minimum atomic E-state index is -3.55. The van der Waals surface area contributed by atoms with Gasteiger partial charge < -0.3 is 15.4 Å². The molecular formula is C15H23N3O4S. The second kappa shape index (κ2) is 7.87. The number of hydrogen-bond acceptors (Lipinski definition) is 5. The largest absolute Gasteiger partial charge is 0.375 e. The van der Waals surface area contributed by atoms with Gasteiger partial charge in [-0.2, -0.15) is 0 Å². The number of nitrogens with one attached hydrogen (secondary N) is 3. The van der Waals surface area contributed by atoms with Gasteiger partial charge in [-0.05, 0) is 26.0 Å². The lowest BCUT2D eigenvalue weighted by molar-refractivity contribution is -0.128. The fraction of sp³-hybridized carbons (Fsp3) is 0.533. The van der Waals surface area contributed by atoms with Gasteiger partial charge in [0.2, 0.25) is 15.9 Å². The molecule has 0 saturated carbocycles. The Morgan fingerprint density at radius 1 is 1.30 bits per heavy atom. The molecule has 1 amide bonds. The first kappa shape index (κ1) is 17.9. The molecule has 1 aromatic carbocycles. The minimum absolute atomic E-state index is 0.129. The Hall–Kier alpha value is -1.48. The van der Waals surface area contributed by atoms with Crippen LogP contribution in [0.3, 0.4) is 0 Å². The van der Waals surface area contributed by atoms with Crippen molar-refractivity contribution < 1.29 is 17.9 Å². The summed E-state index contributed by atoms with van der Waals surface area (Å²) in [5.74, 6) is -0.188. The van der Waals surface area contributed by atoms with Gasteiger partial charge in [-0.3, -0.25) is 4.79 Å². The zero-order chi connectivity index (χ0) is 16.9. The molecule has 128 valence electrons. The topological polar surface area (TPSA) is 96.5 Å². The molecule has 2 atom stereocenters. The molecule has 7 nitrogen and oxygen atoms in total. The van der Waals surface area contributed by atoms with Crippen LogP contribution in [0.1, 0.15) is 12.5 Å². The molecule has 1 aliphatic heterocycles. The lowest BCUT2D eigenvalue weighted by atomic mass is 10.1. The summed E-state index contributed by atoms with van der Waals surface area (Å²) in [6.45, 7) is 5.28. The Morgan fingerprint density at radius 3 is 2.65 bits per heavy atom. The summed E-state index contributed by atoms with van der Waals surface area (Å²) in [6.07, 6.45) is -0.201. The first-order valence-electron chi connectivity index (χ1n) is 7.59. The molecule has 0 radical (unpaired) electrons. The minimum Gasteiger partial charge on any atom is -0.375 e. The van der Waals surface area contributed by atoms with E-state index in [0.29, 0.717) is 13.2 Å². The molecule has 8 heteroatoms. The quantitative estimate of drug-likeness (QED) is 0.621. The smallest absolute Gasteiger partial charge is 0.240 e. The van der Waals surface area contributed by atoms with Crippen LogP contribution in [0.4, 0.5) is 0 Å². The van der Waals surface area contributed by atoms with Crippen molar-refractivity contribution in [2.75, 3.05) is 26.2 Å². The van der Waals surface area contributed by atoms with Crippen molar-refractivity contribution in [3.63, 3.8) is 0 Å². The average Bonchev–Trinajstić information content (AvgIpc) is 2.52. The molecule has 1 aliphatic rings. The van der Waals surface area contributed by atoms with E-state index < -0.39 is 16.1 Å². The molecule has 0 bridgehead atoms. The molecule has 1 heterocycles. The highest BCUT2D eigenvalue weighted by atomic mass is 32.2. The van der Waals surface area contributed by atoms with E-state index in [0.717, 1.165) is 5.56 Å². The van der Waals surface area contributed by atoms with E-state index in [-0.39, 0.29) is 30.0 Å². The summed E-state index contributed by atoms with van der Waals surface area (Å²) in [5.41, 5.74) is 0.993. The van der Waals surface area contributed by atoms with Crippen molar-refractivity contribution in [1.82, 2.24) is 15.4 Å². The number of carbonyl (C=O) groups excluding carboxylic acids is 1. The molecule has 1 saturated heterocycles. The Kier molecular flexibility index (Phi) is 6.11. The van der Waals surface area contributed by atoms with E-state index in [1.165, 1.54) is 0 Å². The summed E-state index contributed by atoms with van der Waals surface area (Å²) in [4.78, 5) is 12.2. The maximum Gasteiger partial charge on any atom is 0.240 e. The highest BCUT2D eigenvalue weighted by Crippen LogP contribution is 2.09. The lowest BCUT2D eigenvalue weighted by Crippen LogP contribution is -2.56. The molecule has 0 unspecified atom stereocenters. The number of aryl methyl sites for hydroxylation is 1. The van der Waals surface area contributed by atoms with Gasteiger partial charge in [0, 0.05) is 19.6 Å². The zero-order valence-corrected chi connectivity index (χ0v) is 14.2. The number of ether oxygens (including phenoxy) is 1. The summed E-state index contributed by atoms with van der Waals surface area (Å²) in [5, 5.41) is 5.79. The van der Waals surface area contributed by atoms with Gasteiger partial charge in [-0.25, -0.2) is 13.1 Å². The van der Waals surface area contributed by atoms with Crippen molar-refractivity contribution in [1.29, 1.82) is 0 Å². The third kappa shape index (κ3) is 5.00. The second-order valence-electron chi connectivity index (χ2n) is 5.51. The molecular weight excluding hydrogens is 318 g/mol. The van der Waals surface area contributed by atoms with Gasteiger partial charge in [0.1, 0.15) is 6.04 Å². The van der Waals surface area contributed by atoms with Crippen molar-refractivity contribution in [2.24, 2.45) is 0 Å². The Labute approximate surface area is 136 Å². The predicted molar refractivity (Wildman–Crippen MR) is 86.6 cm³/mol. The van der Waals surface area contributed by atoms with Crippen LogP contribution in [-0.4, -0.2) is 52.7 Å². The van der Waals surface area contributed by atoms with Gasteiger partial charge in [0.15, 0.2) is 0 Å². The molecule has 3 N–H and O–H groups in total. The predicted octanol–water partition coefficient (Wildman–Crippen LogP) is -0.234. The summed E-state index contributed by atoms with van der Waals surface area (Å²) >= 11 is 0. The van der Waals surface area contributed by atoms with Crippen molar-refractivity contribution in [3.05, 3.63) is 29.8 Å². The maximum atomic E-state index is 12.1. The molecule has 2 rings (SSSR count). The fourth-order valence-corrected chi connectivity index (χ4v) is 3.34. The average molecular weight is 341 g/mol. The lowest BCUT2D eigenvalue weighted by Gasteiger charge is -2.29. The molecule has 23 heavy (non-hydrogen) atoms. The van der Waals surface area contributed by atoms with E-state index in [9.17, 15) is 13.2 Å². The molecule has 0 spiro atoms. The van der Waals surface area contributed by atoms with Crippen molar-refractivity contribution in [3.8, 4) is 0 Å². The number of amides is 1. The SMILES string of the molecule is Cc1ccc(S(=O)(=O)NCCNC(=O)[C@H]2NCCO[C@@H]2C)cc1. The standard InChI is InChI=1S/C15H23N3O4S/c1-11-3-5-13(6-4-11)23(20,21)18-8-7-17-15(19)14-12(2)22-10-9-16-14/h3-6,12,14,16,18H,7-10H2,1-2H3,(H,17,19)/t12-,14+/m1/s1. The summed E-state index contributed by atoms with van der Waals surface area (Å²) < 4.78 is 32.0. The van der Waals surface area contributed by atoms with Crippen LogP contribution in [0.15, 0.2) is 29.2 Å². The third-order valence-electron chi connectivity index (χ3n) is 3.65. The number of morpholine rings is 1. The van der Waals surface area contributed by atoms with Crippen LogP contribution in [0.5, 0.6) is 0 Å². The van der Waals surface area contributed by atoms with E-state index >= 15 is 0 Å². The van der Waals surface area contributed by atoms with E-state index in [2.05, 4.69) is 15.4 Å². The van der Waals surface area contributed by atoms with Crippen LogP contribution in [0, 0.1) is 6.92 Å². The Bertz CT molecular complexity index is 631. The molecule has 0 aliphatic carbocycles. The van der Waals surface area contributed by atoms with E-state index in [1.807, 2.05) is 13.8 Å². The number of hydrogen-bond donors (Lipinski definition) is 3. The Morgan fingerprint density at radius 2 is 2.00 bits per heavy atom. The first-order chi connectivity index (χ1) is 10.9. The van der Waals surface area contributed by atoms with Crippen LogP contribution in [0.25, 0.3) is 0 Å². The molecule has 1 fully saturated rings. The van der Waals surface area contributed by atoms with Gasteiger partial charge in [0.25, 0.3) is 0 Å². The molecule has 0 aromatic heterocycles. The summed E-state index contributed by atoms with van der Waals surface area (Å²) in [7, 11) is -3.55. The van der Waals surface area contributed by atoms with Crippen LogP contribution in [0.2, 0.25) is 0 Å². The highest BCUT2D eigenvalue weighted by molar-refractivity contribution is 7.89. The third-order valence-corrected chi connectivity index (χ3v) is 5.12. The summed E-state index contributed by atoms with van der Waals surface area (Å²) in [6, 6.07) is 6.19. The highest BCUT2D eigenvalue weighted by Gasteiger charge is 2.27. The number of rotatable bonds is 6. The van der Waals surface area contributed by atoms with Gasteiger partial charge in [-0.15, -0.1) is 0 Å². The monoisotopic (exact) mass is 341 g/mol. The van der Waals surface area contributed by atoms with E-state index in [1.54, 1.807) is 24.3 Å². The van der Waals surface area contributed by atoms with E-state index in [4.69, 9.17) is 4.74 Å². The number of benzene rings is 1. The zero-order valence-electron chi connectivity index (χ0n) is 13.3. The van der Waals surface area contributed by atoms with Crippen molar-refractivity contribution >= 4 is 15.9 Å². The number of sulfonamides is 1. The maximum absolute atomic E-state index is 12.1. The van der Waals surface area contributed by atoms with Crippen molar-refractivity contribution in [2.45, 2.75) is 30.9 Å².